The number of likely N-dealkylation sites (N-methyl/N-ethyl adjacent to an activating group) is 1. The number of benzene rings is 2. The van der Waals surface area contributed by atoms with Gasteiger partial charge in [0.25, 0.3) is 11.8 Å². The van der Waals surface area contributed by atoms with Gasteiger partial charge in [-0.3, -0.25) is 14.9 Å². The Hall–Kier alpha value is -3.19. The van der Waals surface area contributed by atoms with E-state index in [0.717, 1.165) is 24.1 Å². The molecule has 3 aromatic rings. The Morgan fingerprint density at radius 2 is 1.90 bits per heavy atom. The number of fused-ring (bicyclic) bond motifs is 1. The lowest BCUT2D eigenvalue weighted by molar-refractivity contribution is -0.122. The van der Waals surface area contributed by atoms with Gasteiger partial charge in [-0.1, -0.05) is 12.1 Å². The average molecular weight is 422 g/mol. The van der Waals surface area contributed by atoms with E-state index in [2.05, 4.69) is 33.8 Å². The highest BCUT2D eigenvalue weighted by molar-refractivity contribution is 7.14. The quantitative estimate of drug-likeness (QED) is 0.603. The molecule has 0 radical (unpaired) electrons. The van der Waals surface area contributed by atoms with Crippen molar-refractivity contribution >= 4 is 28.3 Å². The molecule has 0 unspecified atom stereocenters. The van der Waals surface area contributed by atoms with E-state index in [1.807, 2.05) is 12.3 Å². The highest BCUT2D eigenvalue weighted by atomic mass is 32.1. The fourth-order valence-corrected chi connectivity index (χ4v) is 4.18. The molecule has 154 valence electrons. The topological polar surface area (TPSA) is 80.3 Å². The van der Waals surface area contributed by atoms with Gasteiger partial charge in [0.1, 0.15) is 5.75 Å². The lowest BCUT2D eigenvalue weighted by Gasteiger charge is -2.07. The van der Waals surface area contributed by atoms with Crippen LogP contribution in [0.1, 0.15) is 34.8 Å². The number of carbonyl (C=O) groups is 2. The second kappa shape index (κ2) is 9.09. The monoisotopic (exact) mass is 421 g/mol. The standard InChI is InChI=1S/C23H23N3O3S/c1-2-24-21(27)13-29-19-10-8-16(9-11-19)22(28)26-23-25-20(14-30-23)18-7-6-15-4-3-5-17(15)12-18/h6-12,14H,2-5,13H2,1H3,(H,24,27)(H,25,26,28). The van der Waals surface area contributed by atoms with Gasteiger partial charge in [0.2, 0.25) is 0 Å². The number of amides is 2. The van der Waals surface area contributed by atoms with Crippen molar-refractivity contribution in [3.8, 4) is 17.0 Å². The summed E-state index contributed by atoms with van der Waals surface area (Å²) in [6.45, 7) is 2.36. The number of rotatable bonds is 7. The van der Waals surface area contributed by atoms with Crippen molar-refractivity contribution in [1.29, 1.82) is 0 Å². The molecule has 4 rings (SSSR count). The molecule has 1 heterocycles. The van der Waals surface area contributed by atoms with Crippen LogP contribution in [0.4, 0.5) is 5.13 Å². The summed E-state index contributed by atoms with van der Waals surface area (Å²) >= 11 is 1.41. The summed E-state index contributed by atoms with van der Waals surface area (Å²) in [6, 6.07) is 13.2. The Balaban J connectivity index is 1.37. The fourth-order valence-electron chi connectivity index (χ4n) is 3.46. The summed E-state index contributed by atoms with van der Waals surface area (Å²) in [5.41, 5.74) is 5.29. The number of nitrogens with one attached hydrogen (secondary N) is 2. The highest BCUT2D eigenvalue weighted by Gasteiger charge is 2.14. The molecule has 6 nitrogen and oxygen atoms in total. The summed E-state index contributed by atoms with van der Waals surface area (Å²) in [5, 5.41) is 8.04. The molecule has 0 bridgehead atoms. The van der Waals surface area contributed by atoms with Crippen LogP contribution in [-0.2, 0) is 17.6 Å². The van der Waals surface area contributed by atoms with Crippen molar-refractivity contribution < 1.29 is 14.3 Å². The third-order valence-corrected chi connectivity index (χ3v) is 5.74. The molecule has 0 saturated carbocycles. The van der Waals surface area contributed by atoms with E-state index < -0.39 is 0 Å². The summed E-state index contributed by atoms with van der Waals surface area (Å²) < 4.78 is 5.40. The van der Waals surface area contributed by atoms with Crippen LogP contribution in [0.5, 0.6) is 5.75 Å². The first-order valence-corrected chi connectivity index (χ1v) is 10.9. The average Bonchev–Trinajstić information content (AvgIpc) is 3.41. The maximum absolute atomic E-state index is 12.5. The molecule has 0 spiro atoms. The number of carbonyl (C=O) groups excluding carboxylic acids is 2. The second-order valence-corrected chi connectivity index (χ2v) is 7.95. The van der Waals surface area contributed by atoms with Crippen LogP contribution >= 0.6 is 11.3 Å². The van der Waals surface area contributed by atoms with E-state index in [9.17, 15) is 9.59 Å². The normalized spacial score (nSPS) is 12.3. The zero-order valence-electron chi connectivity index (χ0n) is 16.7. The van der Waals surface area contributed by atoms with E-state index >= 15 is 0 Å². The number of anilines is 1. The number of nitrogens with zero attached hydrogens (tertiary/aromatic N) is 1. The summed E-state index contributed by atoms with van der Waals surface area (Å²) in [6.07, 6.45) is 3.50. The van der Waals surface area contributed by atoms with Gasteiger partial charge in [0.05, 0.1) is 5.69 Å². The minimum atomic E-state index is -0.236. The van der Waals surface area contributed by atoms with Crippen molar-refractivity contribution in [1.82, 2.24) is 10.3 Å². The Morgan fingerprint density at radius 1 is 1.10 bits per heavy atom. The lowest BCUT2D eigenvalue weighted by Crippen LogP contribution is -2.28. The molecule has 2 aromatic carbocycles. The van der Waals surface area contributed by atoms with Crippen molar-refractivity contribution in [2.75, 3.05) is 18.5 Å². The van der Waals surface area contributed by atoms with Crippen LogP contribution in [0, 0.1) is 0 Å². The van der Waals surface area contributed by atoms with Gasteiger partial charge >= 0.3 is 0 Å². The molecule has 0 aliphatic heterocycles. The van der Waals surface area contributed by atoms with Crippen LogP contribution in [0.2, 0.25) is 0 Å². The van der Waals surface area contributed by atoms with Gasteiger partial charge < -0.3 is 10.1 Å². The molecule has 1 aromatic heterocycles. The first kappa shape index (κ1) is 20.1. The van der Waals surface area contributed by atoms with Crippen molar-refractivity contribution in [3.05, 3.63) is 64.5 Å². The molecule has 0 fully saturated rings. The van der Waals surface area contributed by atoms with Crippen LogP contribution < -0.4 is 15.4 Å². The largest absolute Gasteiger partial charge is 0.484 e. The molecule has 0 atom stereocenters. The molecule has 1 aliphatic rings. The Bertz CT molecular complexity index is 1060. The van der Waals surface area contributed by atoms with Crippen LogP contribution in [0.3, 0.4) is 0 Å². The van der Waals surface area contributed by atoms with E-state index in [4.69, 9.17) is 4.74 Å². The number of thiazole rings is 1. The SMILES string of the molecule is CCNC(=O)COc1ccc(C(=O)Nc2nc(-c3ccc4c(c3)CCC4)cs2)cc1. The minimum absolute atomic E-state index is 0.0516. The van der Waals surface area contributed by atoms with Crippen molar-refractivity contribution in [2.24, 2.45) is 0 Å². The predicted molar refractivity (Wildman–Crippen MR) is 118 cm³/mol. The van der Waals surface area contributed by atoms with Gasteiger partial charge in [0.15, 0.2) is 11.7 Å². The van der Waals surface area contributed by atoms with E-state index in [1.165, 1.54) is 28.9 Å². The van der Waals surface area contributed by atoms with E-state index in [0.29, 0.717) is 23.0 Å². The van der Waals surface area contributed by atoms with Crippen molar-refractivity contribution in [3.63, 3.8) is 0 Å². The van der Waals surface area contributed by atoms with Crippen molar-refractivity contribution in [2.45, 2.75) is 26.2 Å². The fraction of sp³-hybridized carbons (Fsp3) is 0.261. The van der Waals surface area contributed by atoms with E-state index in [-0.39, 0.29) is 18.4 Å². The molecular weight excluding hydrogens is 398 g/mol. The smallest absolute Gasteiger partial charge is 0.257 e. The highest BCUT2D eigenvalue weighted by Crippen LogP contribution is 2.30. The predicted octanol–water partition coefficient (Wildman–Crippen LogP) is 4.07. The van der Waals surface area contributed by atoms with Crippen LogP contribution in [0.25, 0.3) is 11.3 Å². The number of aryl methyl sites for hydroxylation is 2. The summed E-state index contributed by atoms with van der Waals surface area (Å²) in [7, 11) is 0. The maximum atomic E-state index is 12.5. The van der Waals surface area contributed by atoms with E-state index in [1.54, 1.807) is 24.3 Å². The Labute approximate surface area is 179 Å². The van der Waals surface area contributed by atoms with Gasteiger partial charge in [-0.15, -0.1) is 11.3 Å². The molecule has 0 saturated heterocycles. The van der Waals surface area contributed by atoms with Gasteiger partial charge in [0, 0.05) is 23.1 Å². The van der Waals surface area contributed by atoms with Gasteiger partial charge in [-0.05, 0) is 67.6 Å². The zero-order valence-corrected chi connectivity index (χ0v) is 17.6. The number of ether oxygens (including phenoxy) is 1. The van der Waals surface area contributed by atoms with Crippen LogP contribution in [0.15, 0.2) is 47.8 Å². The molecule has 2 amide bonds. The number of hydrogen-bond donors (Lipinski definition) is 2. The molecule has 1 aliphatic carbocycles. The number of hydrogen-bond acceptors (Lipinski definition) is 5. The summed E-state index contributed by atoms with van der Waals surface area (Å²) in [5.74, 6) is 0.119. The van der Waals surface area contributed by atoms with Gasteiger partial charge in [-0.25, -0.2) is 4.98 Å². The Kier molecular flexibility index (Phi) is 6.09. The number of aromatic nitrogens is 1. The zero-order chi connectivity index (χ0) is 20.9. The third-order valence-electron chi connectivity index (χ3n) is 4.98. The maximum Gasteiger partial charge on any atom is 0.257 e. The first-order chi connectivity index (χ1) is 14.6. The molecule has 30 heavy (non-hydrogen) atoms. The molecule has 7 heteroatoms. The minimum Gasteiger partial charge on any atom is -0.484 e. The second-order valence-electron chi connectivity index (χ2n) is 7.10. The van der Waals surface area contributed by atoms with Crippen LogP contribution in [-0.4, -0.2) is 29.9 Å². The van der Waals surface area contributed by atoms with Gasteiger partial charge in [-0.2, -0.15) is 0 Å². The lowest BCUT2D eigenvalue weighted by atomic mass is 10.1. The molecule has 2 N–H and O–H groups in total. The first-order valence-electron chi connectivity index (χ1n) is 10.0. The summed E-state index contributed by atoms with van der Waals surface area (Å²) in [4.78, 5) is 28.5. The third kappa shape index (κ3) is 4.68. The Morgan fingerprint density at radius 3 is 2.70 bits per heavy atom. The molecular formula is C23H23N3O3S.